The van der Waals surface area contributed by atoms with Crippen LogP contribution in [0.3, 0.4) is 0 Å². The number of nitrogens with one attached hydrogen (secondary N) is 1. The van der Waals surface area contributed by atoms with Crippen LogP contribution in [0.2, 0.25) is 0 Å². The van der Waals surface area contributed by atoms with Crippen LogP contribution in [0.4, 0.5) is 10.2 Å². The number of nitrogens with zero attached hydrogens (tertiary/aromatic N) is 8. The van der Waals surface area contributed by atoms with Crippen LogP contribution in [0.5, 0.6) is 0 Å². The molecule has 10 heteroatoms. The average Bonchev–Trinajstić information content (AvgIpc) is 3.37. The van der Waals surface area contributed by atoms with Gasteiger partial charge >= 0.3 is 0 Å². The Labute approximate surface area is 171 Å². The Morgan fingerprint density at radius 3 is 2.77 bits per heavy atom. The number of hydrogen-bond donors (Lipinski definition) is 1. The SMILES string of the molecule is CNc1nc(-c2cccc(C#N)c2C)nc(-c2cn(Cc3ccn(C)n3)nn2)c1F. The number of benzene rings is 1. The summed E-state index contributed by atoms with van der Waals surface area (Å²) < 4.78 is 18.3. The van der Waals surface area contributed by atoms with Gasteiger partial charge in [0, 0.05) is 25.9 Å². The van der Waals surface area contributed by atoms with Crippen molar-refractivity contribution in [2.45, 2.75) is 13.5 Å². The molecule has 150 valence electrons. The lowest BCUT2D eigenvalue weighted by atomic mass is 10.0. The third kappa shape index (κ3) is 3.48. The first kappa shape index (κ1) is 19.2. The van der Waals surface area contributed by atoms with Crippen LogP contribution in [0, 0.1) is 24.1 Å². The zero-order valence-electron chi connectivity index (χ0n) is 16.6. The Balaban J connectivity index is 1.77. The van der Waals surface area contributed by atoms with E-state index in [0.717, 1.165) is 11.3 Å². The van der Waals surface area contributed by atoms with Crippen LogP contribution in [0.25, 0.3) is 22.8 Å². The number of hydrogen-bond acceptors (Lipinski definition) is 7. The summed E-state index contributed by atoms with van der Waals surface area (Å²) in [6, 6.07) is 9.27. The zero-order chi connectivity index (χ0) is 21.3. The van der Waals surface area contributed by atoms with Gasteiger partial charge in [0.25, 0.3) is 0 Å². The minimum Gasteiger partial charge on any atom is -0.371 e. The van der Waals surface area contributed by atoms with Crippen molar-refractivity contribution in [2.24, 2.45) is 7.05 Å². The van der Waals surface area contributed by atoms with E-state index >= 15 is 4.39 Å². The van der Waals surface area contributed by atoms with E-state index in [1.807, 2.05) is 26.2 Å². The molecule has 4 rings (SSSR count). The first-order chi connectivity index (χ1) is 14.5. The molecular weight excluding hydrogens is 385 g/mol. The van der Waals surface area contributed by atoms with Crippen molar-refractivity contribution >= 4 is 5.82 Å². The maximum absolute atomic E-state index is 15.0. The minimum atomic E-state index is -0.625. The summed E-state index contributed by atoms with van der Waals surface area (Å²) in [6.45, 7) is 2.21. The van der Waals surface area contributed by atoms with Gasteiger partial charge in [0.1, 0.15) is 11.4 Å². The minimum absolute atomic E-state index is 0.0263. The first-order valence-corrected chi connectivity index (χ1v) is 9.14. The van der Waals surface area contributed by atoms with Crippen LogP contribution in [0.15, 0.2) is 36.7 Å². The van der Waals surface area contributed by atoms with Crippen molar-refractivity contribution in [1.82, 2.24) is 34.7 Å². The van der Waals surface area contributed by atoms with E-state index in [4.69, 9.17) is 0 Å². The van der Waals surface area contributed by atoms with Crippen molar-refractivity contribution in [3.63, 3.8) is 0 Å². The van der Waals surface area contributed by atoms with Gasteiger partial charge in [0.2, 0.25) is 0 Å². The van der Waals surface area contributed by atoms with Gasteiger partial charge in [-0.15, -0.1) is 5.10 Å². The molecule has 0 bridgehead atoms. The van der Waals surface area contributed by atoms with Gasteiger partial charge in [0.05, 0.1) is 30.1 Å². The number of anilines is 1. The Morgan fingerprint density at radius 2 is 2.07 bits per heavy atom. The predicted octanol–water partition coefficient (Wildman–Crippen LogP) is 2.54. The maximum Gasteiger partial charge on any atom is 0.193 e. The lowest BCUT2D eigenvalue weighted by Gasteiger charge is -2.10. The highest BCUT2D eigenvalue weighted by molar-refractivity contribution is 5.69. The van der Waals surface area contributed by atoms with Crippen molar-refractivity contribution in [3.05, 3.63) is 59.3 Å². The lowest BCUT2D eigenvalue weighted by molar-refractivity contribution is 0.621. The van der Waals surface area contributed by atoms with Crippen molar-refractivity contribution in [1.29, 1.82) is 5.26 Å². The molecule has 30 heavy (non-hydrogen) atoms. The van der Waals surface area contributed by atoms with Crippen LogP contribution >= 0.6 is 0 Å². The van der Waals surface area contributed by atoms with Crippen LogP contribution in [-0.2, 0) is 13.6 Å². The van der Waals surface area contributed by atoms with Gasteiger partial charge in [0.15, 0.2) is 17.5 Å². The number of rotatable bonds is 5. The normalized spacial score (nSPS) is 10.8. The smallest absolute Gasteiger partial charge is 0.193 e. The standard InChI is InChI=1S/C20H18FN9/c1-12-13(9-22)5-4-6-15(12)19-24-18(17(21)20(23-2)25-19)16-11-30(28-26-16)10-14-7-8-29(3)27-14/h4-8,11H,10H2,1-3H3,(H,23,24,25). The first-order valence-electron chi connectivity index (χ1n) is 9.14. The molecule has 3 heterocycles. The third-order valence-electron chi connectivity index (χ3n) is 4.66. The van der Waals surface area contributed by atoms with Gasteiger partial charge in [-0.3, -0.25) is 4.68 Å². The molecule has 9 nitrogen and oxygen atoms in total. The van der Waals surface area contributed by atoms with E-state index in [-0.39, 0.29) is 17.2 Å². The largest absolute Gasteiger partial charge is 0.371 e. The molecule has 0 atom stereocenters. The summed E-state index contributed by atoms with van der Waals surface area (Å²) in [5.74, 6) is -0.291. The fourth-order valence-electron chi connectivity index (χ4n) is 3.10. The molecule has 0 saturated heterocycles. The zero-order valence-corrected chi connectivity index (χ0v) is 16.6. The molecule has 0 amide bonds. The van der Waals surface area contributed by atoms with E-state index in [9.17, 15) is 5.26 Å². The molecule has 1 aromatic carbocycles. The van der Waals surface area contributed by atoms with E-state index in [0.29, 0.717) is 23.5 Å². The van der Waals surface area contributed by atoms with Gasteiger partial charge < -0.3 is 5.32 Å². The Hall–Kier alpha value is -4.13. The van der Waals surface area contributed by atoms with Crippen LogP contribution in [0.1, 0.15) is 16.8 Å². The fraction of sp³-hybridized carbons (Fsp3) is 0.200. The summed E-state index contributed by atoms with van der Waals surface area (Å²) >= 11 is 0. The van der Waals surface area contributed by atoms with Gasteiger partial charge in [-0.1, -0.05) is 17.3 Å². The quantitative estimate of drug-likeness (QED) is 0.545. The van der Waals surface area contributed by atoms with E-state index in [1.54, 1.807) is 40.8 Å². The average molecular weight is 403 g/mol. The molecule has 3 aromatic heterocycles. The molecule has 0 radical (unpaired) electrons. The lowest BCUT2D eigenvalue weighted by Crippen LogP contribution is -2.05. The molecule has 4 aromatic rings. The van der Waals surface area contributed by atoms with E-state index < -0.39 is 5.82 Å². The second-order valence-electron chi connectivity index (χ2n) is 6.68. The van der Waals surface area contributed by atoms with Crippen LogP contribution in [-0.4, -0.2) is 41.8 Å². The summed E-state index contributed by atoms with van der Waals surface area (Å²) in [5, 5.41) is 24.5. The monoisotopic (exact) mass is 403 g/mol. The highest BCUT2D eigenvalue weighted by atomic mass is 19.1. The molecule has 0 spiro atoms. The van der Waals surface area contributed by atoms with E-state index in [1.165, 1.54) is 0 Å². The highest BCUT2D eigenvalue weighted by Gasteiger charge is 2.20. The van der Waals surface area contributed by atoms with Crippen LogP contribution < -0.4 is 5.32 Å². The number of aromatic nitrogens is 7. The number of halogens is 1. The molecule has 0 fully saturated rings. The Bertz CT molecular complexity index is 1270. The Kier molecular flexibility index (Phi) is 4.93. The molecule has 1 N–H and O–H groups in total. The van der Waals surface area contributed by atoms with Gasteiger partial charge in [-0.25, -0.2) is 19.0 Å². The van der Waals surface area contributed by atoms with Crippen molar-refractivity contribution in [3.8, 4) is 28.8 Å². The van der Waals surface area contributed by atoms with Gasteiger partial charge in [-0.05, 0) is 24.6 Å². The fourth-order valence-corrected chi connectivity index (χ4v) is 3.10. The van der Waals surface area contributed by atoms with Gasteiger partial charge in [-0.2, -0.15) is 10.4 Å². The summed E-state index contributed by atoms with van der Waals surface area (Å²) in [7, 11) is 3.41. The Morgan fingerprint density at radius 1 is 1.23 bits per heavy atom. The molecule has 0 aliphatic carbocycles. The summed E-state index contributed by atoms with van der Waals surface area (Å²) in [5.41, 5.74) is 2.98. The second kappa shape index (κ2) is 7.71. The van der Waals surface area contributed by atoms with E-state index in [2.05, 4.69) is 36.8 Å². The second-order valence-corrected chi connectivity index (χ2v) is 6.68. The predicted molar refractivity (Wildman–Crippen MR) is 108 cm³/mol. The number of nitriles is 1. The topological polar surface area (TPSA) is 110 Å². The molecule has 0 aliphatic rings. The summed E-state index contributed by atoms with van der Waals surface area (Å²) in [6.07, 6.45) is 3.45. The molecule has 0 aliphatic heterocycles. The number of aryl methyl sites for hydroxylation is 1. The highest BCUT2D eigenvalue weighted by Crippen LogP contribution is 2.29. The molecule has 0 unspecified atom stereocenters. The summed E-state index contributed by atoms with van der Waals surface area (Å²) in [4.78, 5) is 8.70. The maximum atomic E-state index is 15.0. The van der Waals surface area contributed by atoms with Crippen molar-refractivity contribution in [2.75, 3.05) is 12.4 Å². The molecule has 0 saturated carbocycles. The van der Waals surface area contributed by atoms with Crippen molar-refractivity contribution < 1.29 is 4.39 Å². The third-order valence-corrected chi connectivity index (χ3v) is 4.66. The molecular formula is C20H18FN9.